The van der Waals surface area contributed by atoms with Crippen LogP contribution >= 0.6 is 15.9 Å². The van der Waals surface area contributed by atoms with Crippen molar-refractivity contribution in [3.63, 3.8) is 0 Å². The predicted octanol–water partition coefficient (Wildman–Crippen LogP) is 1.73. The van der Waals surface area contributed by atoms with Gasteiger partial charge in [-0.05, 0) is 35.0 Å². The van der Waals surface area contributed by atoms with E-state index in [-0.39, 0.29) is 0 Å². The molecule has 0 unspecified atom stereocenters. The zero-order valence-electron chi connectivity index (χ0n) is 6.98. The third kappa shape index (κ3) is 1.60. The van der Waals surface area contributed by atoms with Crippen LogP contribution in [-0.2, 0) is 0 Å². The number of halogens is 1. The Kier molecular flexibility index (Phi) is 2.10. The van der Waals surface area contributed by atoms with Gasteiger partial charge in [-0.25, -0.2) is 9.67 Å². The number of hydrogen-bond acceptors (Lipinski definition) is 3. The Hall–Kier alpha value is -1.23. The molecule has 2 aromatic rings. The van der Waals surface area contributed by atoms with Crippen LogP contribution in [0.1, 0.15) is 5.69 Å². The fraction of sp³-hybridized carbons (Fsp3) is 0.125. The molecule has 0 fully saturated rings. The van der Waals surface area contributed by atoms with E-state index in [2.05, 4.69) is 31.2 Å². The number of aryl methyl sites for hydroxylation is 1. The van der Waals surface area contributed by atoms with E-state index >= 15 is 0 Å². The van der Waals surface area contributed by atoms with Crippen LogP contribution in [0, 0.1) is 6.92 Å². The zero-order chi connectivity index (χ0) is 9.26. The molecule has 0 aliphatic rings. The molecule has 0 saturated carbocycles. The summed E-state index contributed by atoms with van der Waals surface area (Å²) < 4.78 is 2.55. The van der Waals surface area contributed by atoms with Gasteiger partial charge >= 0.3 is 0 Å². The van der Waals surface area contributed by atoms with E-state index in [1.165, 1.54) is 0 Å². The summed E-state index contributed by atoms with van der Waals surface area (Å²) in [5.74, 6) is 0. The van der Waals surface area contributed by atoms with Gasteiger partial charge in [0.25, 0.3) is 0 Å². The standard InChI is InChI=1S/C8H7BrN4/c1-6-4-11-12-13(6)7-2-3-8(9)10-5-7/h2-5H,1H3. The minimum absolute atomic E-state index is 0.814. The Morgan fingerprint density at radius 1 is 1.31 bits per heavy atom. The first kappa shape index (κ1) is 8.37. The lowest BCUT2D eigenvalue weighted by Crippen LogP contribution is -1.99. The van der Waals surface area contributed by atoms with Crippen molar-refractivity contribution in [3.8, 4) is 5.69 Å². The normalized spacial score (nSPS) is 10.3. The Labute approximate surface area is 83.7 Å². The molecular formula is C8H7BrN4. The van der Waals surface area contributed by atoms with E-state index in [1.807, 2.05) is 19.1 Å². The minimum Gasteiger partial charge on any atom is -0.247 e. The molecule has 0 aromatic carbocycles. The van der Waals surface area contributed by atoms with Gasteiger partial charge in [0.15, 0.2) is 0 Å². The summed E-state index contributed by atoms with van der Waals surface area (Å²) in [5, 5.41) is 7.72. The lowest BCUT2D eigenvalue weighted by molar-refractivity contribution is 0.781. The van der Waals surface area contributed by atoms with Gasteiger partial charge in [0, 0.05) is 0 Å². The SMILES string of the molecule is Cc1cnnn1-c1ccc(Br)nc1. The quantitative estimate of drug-likeness (QED) is 0.712. The molecule has 0 radical (unpaired) electrons. The Balaban J connectivity index is 2.47. The lowest BCUT2D eigenvalue weighted by atomic mass is 10.4. The van der Waals surface area contributed by atoms with Crippen LogP contribution < -0.4 is 0 Å². The molecule has 0 N–H and O–H groups in total. The molecule has 0 aliphatic carbocycles. The molecule has 0 aliphatic heterocycles. The van der Waals surface area contributed by atoms with Crippen molar-refractivity contribution in [2.75, 3.05) is 0 Å². The average Bonchev–Trinajstić information content (AvgIpc) is 2.53. The van der Waals surface area contributed by atoms with E-state index in [9.17, 15) is 0 Å². The molecule has 0 atom stereocenters. The summed E-state index contributed by atoms with van der Waals surface area (Å²) in [6.45, 7) is 1.95. The number of aromatic nitrogens is 4. The molecule has 0 bridgehead atoms. The van der Waals surface area contributed by atoms with Crippen LogP contribution in [0.25, 0.3) is 5.69 Å². The number of nitrogens with zero attached hydrogens (tertiary/aromatic N) is 4. The van der Waals surface area contributed by atoms with Crippen LogP contribution in [0.5, 0.6) is 0 Å². The second-order valence-corrected chi connectivity index (χ2v) is 3.44. The smallest absolute Gasteiger partial charge is 0.106 e. The van der Waals surface area contributed by atoms with Crippen molar-refractivity contribution in [2.24, 2.45) is 0 Å². The van der Waals surface area contributed by atoms with Gasteiger partial charge in [-0.2, -0.15) is 0 Å². The van der Waals surface area contributed by atoms with E-state index in [0.717, 1.165) is 16.0 Å². The first-order valence-electron chi connectivity index (χ1n) is 3.76. The molecule has 2 aromatic heterocycles. The number of pyridine rings is 1. The van der Waals surface area contributed by atoms with Crippen molar-refractivity contribution in [2.45, 2.75) is 6.92 Å². The Morgan fingerprint density at radius 3 is 2.69 bits per heavy atom. The van der Waals surface area contributed by atoms with E-state index < -0.39 is 0 Å². The van der Waals surface area contributed by atoms with Gasteiger partial charge in [-0.1, -0.05) is 5.21 Å². The van der Waals surface area contributed by atoms with Gasteiger partial charge in [-0.15, -0.1) is 5.10 Å². The summed E-state index contributed by atoms with van der Waals surface area (Å²) >= 11 is 3.27. The lowest BCUT2D eigenvalue weighted by Gasteiger charge is -2.00. The van der Waals surface area contributed by atoms with Crippen molar-refractivity contribution >= 4 is 15.9 Å². The predicted molar refractivity (Wildman–Crippen MR) is 51.6 cm³/mol. The molecule has 4 nitrogen and oxygen atoms in total. The van der Waals surface area contributed by atoms with E-state index in [0.29, 0.717) is 0 Å². The van der Waals surface area contributed by atoms with Crippen molar-refractivity contribution in [1.82, 2.24) is 20.0 Å². The molecular weight excluding hydrogens is 232 g/mol. The molecule has 0 saturated heterocycles. The summed E-state index contributed by atoms with van der Waals surface area (Å²) in [7, 11) is 0. The third-order valence-electron chi connectivity index (χ3n) is 1.68. The highest BCUT2D eigenvalue weighted by Gasteiger charge is 2.00. The van der Waals surface area contributed by atoms with Gasteiger partial charge in [0.2, 0.25) is 0 Å². The van der Waals surface area contributed by atoms with Crippen LogP contribution in [0.4, 0.5) is 0 Å². The molecule has 2 rings (SSSR count). The van der Waals surface area contributed by atoms with Gasteiger partial charge in [0.05, 0.1) is 23.8 Å². The third-order valence-corrected chi connectivity index (χ3v) is 2.15. The molecule has 5 heteroatoms. The first-order valence-corrected chi connectivity index (χ1v) is 4.56. The molecule has 0 amide bonds. The highest BCUT2D eigenvalue weighted by molar-refractivity contribution is 9.10. The van der Waals surface area contributed by atoms with Crippen LogP contribution in [0.15, 0.2) is 29.1 Å². The summed E-state index contributed by atoms with van der Waals surface area (Å²) in [5.41, 5.74) is 1.90. The summed E-state index contributed by atoms with van der Waals surface area (Å²) in [6, 6.07) is 3.80. The largest absolute Gasteiger partial charge is 0.247 e. The molecule has 0 spiro atoms. The molecule has 13 heavy (non-hydrogen) atoms. The maximum absolute atomic E-state index is 4.10. The zero-order valence-corrected chi connectivity index (χ0v) is 8.56. The summed E-state index contributed by atoms with van der Waals surface area (Å²) in [4.78, 5) is 4.10. The highest BCUT2D eigenvalue weighted by atomic mass is 79.9. The van der Waals surface area contributed by atoms with Crippen LogP contribution in [-0.4, -0.2) is 20.0 Å². The number of hydrogen-bond donors (Lipinski definition) is 0. The van der Waals surface area contributed by atoms with Gasteiger partial charge < -0.3 is 0 Å². The maximum atomic E-state index is 4.10. The first-order chi connectivity index (χ1) is 6.27. The number of rotatable bonds is 1. The molecule has 2 heterocycles. The fourth-order valence-electron chi connectivity index (χ4n) is 1.03. The monoisotopic (exact) mass is 238 g/mol. The molecule has 66 valence electrons. The maximum Gasteiger partial charge on any atom is 0.106 e. The van der Waals surface area contributed by atoms with Crippen LogP contribution in [0.2, 0.25) is 0 Å². The Bertz CT molecular complexity index is 406. The summed E-state index contributed by atoms with van der Waals surface area (Å²) in [6.07, 6.45) is 3.45. The minimum atomic E-state index is 0.814. The highest BCUT2D eigenvalue weighted by Crippen LogP contribution is 2.10. The Morgan fingerprint density at radius 2 is 2.15 bits per heavy atom. The van der Waals surface area contributed by atoms with Gasteiger partial charge in [-0.3, -0.25) is 0 Å². The van der Waals surface area contributed by atoms with E-state index in [1.54, 1.807) is 17.1 Å². The van der Waals surface area contributed by atoms with Crippen LogP contribution in [0.3, 0.4) is 0 Å². The van der Waals surface area contributed by atoms with Crippen molar-refractivity contribution < 1.29 is 0 Å². The van der Waals surface area contributed by atoms with Crippen molar-refractivity contribution in [1.29, 1.82) is 0 Å². The van der Waals surface area contributed by atoms with Gasteiger partial charge in [0.1, 0.15) is 4.60 Å². The average molecular weight is 239 g/mol. The fourth-order valence-corrected chi connectivity index (χ4v) is 1.27. The van der Waals surface area contributed by atoms with Crippen molar-refractivity contribution in [3.05, 3.63) is 34.8 Å². The second-order valence-electron chi connectivity index (χ2n) is 2.63. The second kappa shape index (κ2) is 3.26. The van der Waals surface area contributed by atoms with E-state index in [4.69, 9.17) is 0 Å². The topological polar surface area (TPSA) is 43.6 Å².